The summed E-state index contributed by atoms with van der Waals surface area (Å²) in [4.78, 5) is 0. The van der Waals surface area contributed by atoms with Crippen molar-refractivity contribution in [3.05, 3.63) is 66.7 Å². The molecule has 21 heavy (non-hydrogen) atoms. The molecular formula is C18H16N2O. The lowest BCUT2D eigenvalue weighted by atomic mass is 9.93. The topological polar surface area (TPSA) is 72.3 Å². The summed E-state index contributed by atoms with van der Waals surface area (Å²) in [6, 6.07) is 21.4. The van der Waals surface area contributed by atoms with Crippen LogP contribution in [-0.2, 0) is 0 Å². The van der Waals surface area contributed by atoms with Crippen molar-refractivity contribution in [2.75, 3.05) is 11.5 Å². The summed E-state index contributed by atoms with van der Waals surface area (Å²) in [6.45, 7) is 0. The second kappa shape index (κ2) is 5.21. The molecule has 3 aromatic rings. The third-order valence-electron chi connectivity index (χ3n) is 3.55. The van der Waals surface area contributed by atoms with E-state index < -0.39 is 0 Å². The van der Waals surface area contributed by atoms with Crippen LogP contribution in [0.5, 0.6) is 5.75 Å². The highest BCUT2D eigenvalue weighted by Gasteiger charge is 2.13. The van der Waals surface area contributed by atoms with Crippen LogP contribution in [0.4, 0.5) is 11.4 Å². The number of anilines is 2. The van der Waals surface area contributed by atoms with E-state index in [9.17, 15) is 5.11 Å². The molecule has 0 heterocycles. The van der Waals surface area contributed by atoms with Crippen molar-refractivity contribution in [1.29, 1.82) is 0 Å². The standard InChI is InChI=1S/C18H16N2O/c19-16-11-10-15(18(21)17(16)20)14-9-5-4-8-13(14)12-6-2-1-3-7-12/h1-11,21H,19-20H2. The van der Waals surface area contributed by atoms with E-state index in [2.05, 4.69) is 0 Å². The number of aromatic hydroxyl groups is 1. The molecule has 0 saturated carbocycles. The second-order valence-corrected chi connectivity index (χ2v) is 4.88. The first kappa shape index (κ1) is 13.1. The summed E-state index contributed by atoms with van der Waals surface area (Å²) in [5.41, 5.74) is 15.9. The smallest absolute Gasteiger partial charge is 0.148 e. The second-order valence-electron chi connectivity index (χ2n) is 4.88. The zero-order chi connectivity index (χ0) is 14.8. The van der Waals surface area contributed by atoms with Crippen LogP contribution in [0.3, 0.4) is 0 Å². The maximum Gasteiger partial charge on any atom is 0.148 e. The van der Waals surface area contributed by atoms with E-state index in [1.54, 1.807) is 12.1 Å². The fourth-order valence-electron chi connectivity index (χ4n) is 2.43. The molecule has 3 heteroatoms. The highest BCUT2D eigenvalue weighted by molar-refractivity contribution is 5.90. The fourth-order valence-corrected chi connectivity index (χ4v) is 2.43. The SMILES string of the molecule is Nc1ccc(-c2ccccc2-c2ccccc2)c(O)c1N. The van der Waals surface area contributed by atoms with Crippen LogP contribution in [-0.4, -0.2) is 5.11 Å². The van der Waals surface area contributed by atoms with Gasteiger partial charge < -0.3 is 16.6 Å². The average molecular weight is 276 g/mol. The van der Waals surface area contributed by atoms with Crippen LogP contribution < -0.4 is 11.5 Å². The summed E-state index contributed by atoms with van der Waals surface area (Å²) in [7, 11) is 0. The molecule has 0 atom stereocenters. The Morgan fingerprint density at radius 3 is 1.95 bits per heavy atom. The van der Waals surface area contributed by atoms with E-state index in [0.29, 0.717) is 11.3 Å². The molecule has 0 radical (unpaired) electrons. The van der Waals surface area contributed by atoms with Gasteiger partial charge in [-0.15, -0.1) is 0 Å². The molecule has 0 spiro atoms. The zero-order valence-corrected chi connectivity index (χ0v) is 11.5. The highest BCUT2D eigenvalue weighted by atomic mass is 16.3. The Balaban J connectivity index is 2.23. The fraction of sp³-hybridized carbons (Fsp3) is 0. The molecule has 5 N–H and O–H groups in total. The number of nitrogen functional groups attached to an aromatic ring is 2. The minimum atomic E-state index is 0.0263. The van der Waals surface area contributed by atoms with E-state index in [-0.39, 0.29) is 11.4 Å². The number of benzene rings is 3. The van der Waals surface area contributed by atoms with Crippen LogP contribution in [0.15, 0.2) is 66.7 Å². The van der Waals surface area contributed by atoms with Gasteiger partial charge in [0.15, 0.2) is 0 Å². The lowest BCUT2D eigenvalue weighted by molar-refractivity contribution is 0.480. The first-order valence-corrected chi connectivity index (χ1v) is 6.70. The molecule has 0 fully saturated rings. The molecule has 3 nitrogen and oxygen atoms in total. The summed E-state index contributed by atoms with van der Waals surface area (Å²) < 4.78 is 0. The Hall–Kier alpha value is -2.94. The molecule has 0 unspecified atom stereocenters. The molecule has 104 valence electrons. The summed E-state index contributed by atoms with van der Waals surface area (Å²) in [5.74, 6) is 0.0263. The number of hydrogen-bond acceptors (Lipinski definition) is 3. The third kappa shape index (κ3) is 2.30. The zero-order valence-electron chi connectivity index (χ0n) is 11.5. The predicted molar refractivity (Wildman–Crippen MR) is 87.8 cm³/mol. The van der Waals surface area contributed by atoms with E-state index in [1.165, 1.54) is 0 Å². The third-order valence-corrected chi connectivity index (χ3v) is 3.55. The van der Waals surface area contributed by atoms with E-state index >= 15 is 0 Å². The summed E-state index contributed by atoms with van der Waals surface area (Å²) in [5, 5.41) is 10.3. The van der Waals surface area contributed by atoms with E-state index in [1.807, 2.05) is 54.6 Å². The molecule has 0 aliphatic carbocycles. The monoisotopic (exact) mass is 276 g/mol. The minimum Gasteiger partial charge on any atom is -0.505 e. The molecule has 0 amide bonds. The van der Waals surface area contributed by atoms with Crippen molar-refractivity contribution in [2.24, 2.45) is 0 Å². The van der Waals surface area contributed by atoms with Gasteiger partial charge in [0.05, 0.1) is 11.4 Å². The van der Waals surface area contributed by atoms with Crippen LogP contribution >= 0.6 is 0 Å². The van der Waals surface area contributed by atoms with Gasteiger partial charge in [0, 0.05) is 5.56 Å². The van der Waals surface area contributed by atoms with Gasteiger partial charge in [-0.05, 0) is 28.8 Å². The predicted octanol–water partition coefficient (Wildman–Crippen LogP) is 3.89. The molecule has 0 saturated heterocycles. The van der Waals surface area contributed by atoms with Crippen LogP contribution in [0.1, 0.15) is 0 Å². The Bertz CT molecular complexity index is 782. The van der Waals surface area contributed by atoms with Crippen molar-refractivity contribution in [1.82, 2.24) is 0 Å². The highest BCUT2D eigenvalue weighted by Crippen LogP contribution is 2.41. The first-order valence-electron chi connectivity index (χ1n) is 6.70. The average Bonchev–Trinajstić information content (AvgIpc) is 2.54. The van der Waals surface area contributed by atoms with Gasteiger partial charge in [0.25, 0.3) is 0 Å². The number of rotatable bonds is 2. The van der Waals surface area contributed by atoms with Crippen molar-refractivity contribution in [3.8, 4) is 28.0 Å². The van der Waals surface area contributed by atoms with Crippen LogP contribution in [0.2, 0.25) is 0 Å². The summed E-state index contributed by atoms with van der Waals surface area (Å²) >= 11 is 0. The maximum atomic E-state index is 10.3. The minimum absolute atomic E-state index is 0.0263. The maximum absolute atomic E-state index is 10.3. The van der Waals surface area contributed by atoms with Crippen molar-refractivity contribution < 1.29 is 5.11 Å². The van der Waals surface area contributed by atoms with Gasteiger partial charge in [0.2, 0.25) is 0 Å². The van der Waals surface area contributed by atoms with E-state index in [0.717, 1.165) is 16.7 Å². The molecule has 0 aliphatic rings. The largest absolute Gasteiger partial charge is 0.505 e. The molecule has 3 aromatic carbocycles. The quantitative estimate of drug-likeness (QED) is 0.491. The molecule has 0 aliphatic heterocycles. The lowest BCUT2D eigenvalue weighted by Crippen LogP contribution is -1.96. The molecular weight excluding hydrogens is 260 g/mol. The van der Waals surface area contributed by atoms with Gasteiger partial charge in [-0.3, -0.25) is 0 Å². The van der Waals surface area contributed by atoms with Gasteiger partial charge in [-0.2, -0.15) is 0 Å². The lowest BCUT2D eigenvalue weighted by Gasteiger charge is -2.13. The summed E-state index contributed by atoms with van der Waals surface area (Å²) in [6.07, 6.45) is 0. The van der Waals surface area contributed by atoms with Gasteiger partial charge in [0.1, 0.15) is 5.75 Å². The first-order chi connectivity index (χ1) is 10.2. The Morgan fingerprint density at radius 2 is 1.24 bits per heavy atom. The molecule has 0 aromatic heterocycles. The van der Waals surface area contributed by atoms with Crippen molar-refractivity contribution >= 4 is 11.4 Å². The Morgan fingerprint density at radius 1 is 0.619 bits per heavy atom. The van der Waals surface area contributed by atoms with Crippen LogP contribution in [0.25, 0.3) is 22.3 Å². The number of phenolic OH excluding ortho intramolecular Hbond substituents is 1. The molecule has 3 rings (SSSR count). The van der Waals surface area contributed by atoms with Gasteiger partial charge >= 0.3 is 0 Å². The molecule has 0 bridgehead atoms. The van der Waals surface area contributed by atoms with E-state index in [4.69, 9.17) is 11.5 Å². The Kier molecular flexibility index (Phi) is 3.24. The van der Waals surface area contributed by atoms with Gasteiger partial charge in [-0.25, -0.2) is 0 Å². The number of hydrogen-bond donors (Lipinski definition) is 3. The van der Waals surface area contributed by atoms with Crippen molar-refractivity contribution in [3.63, 3.8) is 0 Å². The Labute approximate surface area is 123 Å². The van der Waals surface area contributed by atoms with Crippen LogP contribution in [0, 0.1) is 0 Å². The van der Waals surface area contributed by atoms with Gasteiger partial charge in [-0.1, -0.05) is 54.6 Å². The van der Waals surface area contributed by atoms with Crippen molar-refractivity contribution in [2.45, 2.75) is 0 Å². The number of nitrogens with two attached hydrogens (primary N) is 2. The number of phenols is 1. The normalized spacial score (nSPS) is 10.5.